The van der Waals surface area contributed by atoms with Gasteiger partial charge in [-0.1, -0.05) is 0 Å². The average molecular weight is 568 g/mol. The molecule has 0 unspecified atom stereocenters. The molecule has 0 radical (unpaired) electrons. The summed E-state index contributed by atoms with van der Waals surface area (Å²) < 4.78 is 28.6. The molecule has 2 saturated heterocycles. The van der Waals surface area contributed by atoms with E-state index in [-0.39, 0.29) is 40.7 Å². The van der Waals surface area contributed by atoms with Crippen molar-refractivity contribution in [2.24, 2.45) is 0 Å². The first-order chi connectivity index (χ1) is 19.8. The van der Waals surface area contributed by atoms with Crippen LogP contribution in [0.15, 0.2) is 48.9 Å². The third-order valence-electron chi connectivity index (χ3n) is 7.51. The quantitative estimate of drug-likeness (QED) is 0.393. The van der Waals surface area contributed by atoms with Crippen LogP contribution in [0.3, 0.4) is 0 Å². The molecule has 0 bridgehead atoms. The number of piperazine rings is 1. The van der Waals surface area contributed by atoms with Crippen molar-refractivity contribution in [3.05, 3.63) is 51.3 Å². The van der Waals surface area contributed by atoms with E-state index >= 15 is 0 Å². The van der Waals surface area contributed by atoms with Crippen LogP contribution in [0.4, 0.5) is 0 Å². The maximum Gasteiger partial charge on any atom is 0.336 e. The molecule has 0 N–H and O–H groups in total. The van der Waals surface area contributed by atoms with Gasteiger partial charge >= 0.3 is 23.2 Å². The number of likely N-dealkylation sites (tertiary alicyclic amines) is 1. The maximum atomic E-state index is 12.4. The fraction of sp³-hybridized carbons (Fsp3) is 0.444. The van der Waals surface area contributed by atoms with E-state index in [1.54, 1.807) is 0 Å². The second-order valence-electron chi connectivity index (χ2n) is 10.2. The van der Waals surface area contributed by atoms with Gasteiger partial charge in [-0.05, 0) is 33.0 Å². The Hall–Kier alpha value is -4.27. The standard InChI is InChI=1S/C27H29N5O9/c1-29-8-6-17(7-9-29)31-12-10-30(11-13-31)14-15-37-27-26-23-25(40-21(35)4-5-22(36)41-26)24-18(16-32(23)28-27)38-19(33)2-3-20(34)39-24/h2-5,16-17H,6-15H2,1H3/b3-2-,5-4?. The summed E-state index contributed by atoms with van der Waals surface area (Å²) in [6.07, 6.45) is 5.40. The molecule has 0 aliphatic carbocycles. The average Bonchev–Trinajstić information content (AvgIpc) is 3.31. The number of aromatic nitrogens is 2. The molecule has 3 aliphatic rings. The molecule has 14 nitrogen and oxygen atoms in total. The number of hydrogen-bond donors (Lipinski definition) is 0. The van der Waals surface area contributed by atoms with Crippen LogP contribution >= 0.6 is 0 Å². The molecular weight excluding hydrogens is 538 g/mol. The van der Waals surface area contributed by atoms with Gasteiger partial charge in [0.1, 0.15) is 6.61 Å². The molecule has 6 rings (SSSR count). The lowest BCUT2D eigenvalue weighted by Crippen LogP contribution is -2.53. The Balaban J connectivity index is 1.26. The zero-order valence-corrected chi connectivity index (χ0v) is 22.4. The maximum absolute atomic E-state index is 12.4. The van der Waals surface area contributed by atoms with Gasteiger partial charge in [-0.2, -0.15) is 0 Å². The van der Waals surface area contributed by atoms with Crippen molar-refractivity contribution in [1.82, 2.24) is 24.3 Å². The Bertz CT molecular complexity index is 1660. The molecular formula is C27H29N5O9. The van der Waals surface area contributed by atoms with Crippen molar-refractivity contribution >= 4 is 28.6 Å². The van der Waals surface area contributed by atoms with Gasteiger partial charge in [-0.25, -0.2) is 23.7 Å². The molecule has 41 heavy (non-hydrogen) atoms. The van der Waals surface area contributed by atoms with Gasteiger partial charge in [0.25, 0.3) is 5.88 Å². The smallest absolute Gasteiger partial charge is 0.336 e. The molecule has 6 heterocycles. The highest BCUT2D eigenvalue weighted by Gasteiger charge is 2.28. The van der Waals surface area contributed by atoms with Gasteiger partial charge in [-0.15, -0.1) is 5.10 Å². The van der Waals surface area contributed by atoms with Crippen LogP contribution in [0.1, 0.15) is 12.8 Å². The van der Waals surface area contributed by atoms with Gasteiger partial charge in [-0.3, -0.25) is 9.80 Å². The van der Waals surface area contributed by atoms with Crippen molar-refractivity contribution < 1.29 is 32.6 Å². The van der Waals surface area contributed by atoms with Crippen molar-refractivity contribution in [1.29, 1.82) is 0 Å². The van der Waals surface area contributed by atoms with E-state index in [9.17, 15) is 19.2 Å². The van der Waals surface area contributed by atoms with E-state index in [0.717, 1.165) is 63.6 Å². The summed E-state index contributed by atoms with van der Waals surface area (Å²) in [4.78, 5) is 56.4. The fourth-order valence-corrected chi connectivity index (χ4v) is 5.34. The highest BCUT2D eigenvalue weighted by Crippen LogP contribution is 2.39. The van der Waals surface area contributed by atoms with Gasteiger partial charge in [0.2, 0.25) is 16.9 Å². The third-order valence-corrected chi connectivity index (χ3v) is 7.51. The fourth-order valence-electron chi connectivity index (χ4n) is 5.34. The number of nitrogens with zero attached hydrogens (tertiary/aromatic N) is 5. The highest BCUT2D eigenvalue weighted by molar-refractivity contribution is 6.00. The second-order valence-corrected chi connectivity index (χ2v) is 10.2. The number of hydrogen-bond acceptors (Lipinski definition) is 13. The molecule has 0 amide bonds. The molecule has 14 heteroatoms. The number of carbonyl (C=O) groups is 2. The van der Waals surface area contributed by atoms with Crippen molar-refractivity contribution in [2.45, 2.75) is 18.9 Å². The van der Waals surface area contributed by atoms with Crippen LogP contribution in [-0.2, 0) is 9.59 Å². The molecule has 0 spiro atoms. The predicted molar refractivity (Wildman–Crippen MR) is 143 cm³/mol. The van der Waals surface area contributed by atoms with Gasteiger partial charge < -0.3 is 27.9 Å². The Kier molecular flexibility index (Phi) is 7.43. The van der Waals surface area contributed by atoms with Crippen LogP contribution < -0.4 is 25.5 Å². The Morgan fingerprint density at radius 3 is 2.24 bits per heavy atom. The normalized spacial score (nSPS) is 20.2. The molecule has 3 aromatic heterocycles. The topological polar surface area (TPSA) is 149 Å². The first-order valence-corrected chi connectivity index (χ1v) is 13.4. The van der Waals surface area contributed by atoms with Crippen LogP contribution in [0.2, 0.25) is 0 Å². The summed E-state index contributed by atoms with van der Waals surface area (Å²) in [5.41, 5.74) is -2.31. The van der Waals surface area contributed by atoms with Crippen molar-refractivity contribution in [3.8, 4) is 17.4 Å². The summed E-state index contributed by atoms with van der Waals surface area (Å²) in [7, 11) is 2.17. The number of fused-ring (bicyclic) bond motifs is 2. The number of carbonyl (C=O) groups excluding carboxylic acids is 2. The molecule has 3 aliphatic heterocycles. The first-order valence-electron chi connectivity index (χ1n) is 13.4. The summed E-state index contributed by atoms with van der Waals surface area (Å²) in [6, 6.07) is 2.39. The number of esters is 2. The summed E-state index contributed by atoms with van der Waals surface area (Å²) in [6.45, 7) is 6.91. The molecule has 0 atom stereocenters. The highest BCUT2D eigenvalue weighted by atomic mass is 16.6. The monoisotopic (exact) mass is 567 g/mol. The Labute approximate surface area is 232 Å². The number of pyridine rings is 1. The molecule has 216 valence electrons. The summed E-state index contributed by atoms with van der Waals surface area (Å²) >= 11 is 0. The van der Waals surface area contributed by atoms with Gasteiger partial charge in [0.05, 0.1) is 6.20 Å². The van der Waals surface area contributed by atoms with Crippen LogP contribution in [0.5, 0.6) is 17.4 Å². The van der Waals surface area contributed by atoms with Crippen LogP contribution in [0.25, 0.3) is 16.7 Å². The number of ether oxygens (including phenoxy) is 3. The second kappa shape index (κ2) is 11.3. The van der Waals surface area contributed by atoms with E-state index in [4.69, 9.17) is 23.0 Å². The summed E-state index contributed by atoms with van der Waals surface area (Å²) in [5.74, 6) is -2.39. The Morgan fingerprint density at radius 2 is 1.54 bits per heavy atom. The molecule has 2 fully saturated rings. The van der Waals surface area contributed by atoms with E-state index in [0.29, 0.717) is 12.6 Å². The lowest BCUT2D eigenvalue weighted by atomic mass is 10.0. The Morgan fingerprint density at radius 1 is 0.878 bits per heavy atom. The SMILES string of the molecule is CN1CCC(N2CCN(CCOc3nn4cc5c(c6oc(=O)ccc(=O)oc3c64)OC(=O)/C=C\C(=O)O5)CC2)CC1. The zero-order chi connectivity index (χ0) is 28.5. The van der Waals surface area contributed by atoms with E-state index in [1.165, 1.54) is 23.6 Å². The zero-order valence-electron chi connectivity index (χ0n) is 22.4. The van der Waals surface area contributed by atoms with Gasteiger partial charge in [0, 0.05) is 63.1 Å². The third kappa shape index (κ3) is 5.80. The first kappa shape index (κ1) is 26.9. The largest absolute Gasteiger partial charge is 0.473 e. The predicted octanol–water partition coefficient (Wildman–Crippen LogP) is 0.427. The van der Waals surface area contributed by atoms with Crippen molar-refractivity contribution in [3.63, 3.8) is 0 Å². The van der Waals surface area contributed by atoms with Crippen molar-refractivity contribution in [2.75, 3.05) is 59.5 Å². The van der Waals surface area contributed by atoms with Crippen LogP contribution in [-0.4, -0.2) is 102 Å². The minimum absolute atomic E-state index is 0.0238. The van der Waals surface area contributed by atoms with E-state index in [2.05, 4.69) is 26.8 Å². The van der Waals surface area contributed by atoms with Gasteiger partial charge in [0.15, 0.2) is 11.3 Å². The van der Waals surface area contributed by atoms with Crippen LogP contribution in [0, 0.1) is 0 Å². The lowest BCUT2D eigenvalue weighted by molar-refractivity contribution is -0.133. The van der Waals surface area contributed by atoms with E-state index in [1.807, 2.05) is 0 Å². The minimum atomic E-state index is -0.951. The molecule has 0 saturated carbocycles. The number of piperidine rings is 1. The lowest BCUT2D eigenvalue weighted by Gasteiger charge is -2.42. The summed E-state index contributed by atoms with van der Waals surface area (Å²) in [5, 5.41) is 4.35. The van der Waals surface area contributed by atoms with E-state index < -0.39 is 23.2 Å². The minimum Gasteiger partial charge on any atom is -0.473 e. The number of rotatable bonds is 5. The molecule has 0 aromatic carbocycles. The molecule has 3 aromatic rings.